The molecule has 0 aromatic heterocycles. The minimum absolute atomic E-state index is 0.258. The Balaban J connectivity index is 1.64. The molecule has 3 unspecified atom stereocenters. The van der Waals surface area contributed by atoms with E-state index in [-0.39, 0.29) is 5.41 Å². The SMILES string of the molecule is CCCCc1ccc2c(c1)C(=O)CC1(C2)CC2C=CC1C2. The molecule has 1 spiro atoms. The minimum atomic E-state index is 0.258. The first-order valence-electron chi connectivity index (χ1n) is 8.53. The number of hydrogen-bond acceptors (Lipinski definition) is 1. The van der Waals surface area contributed by atoms with Gasteiger partial charge in [-0.25, -0.2) is 0 Å². The summed E-state index contributed by atoms with van der Waals surface area (Å²) in [5.41, 5.74) is 3.94. The van der Waals surface area contributed by atoms with E-state index in [1.165, 1.54) is 36.8 Å². The fourth-order valence-corrected chi connectivity index (χ4v) is 4.89. The first kappa shape index (κ1) is 13.3. The Morgan fingerprint density at radius 3 is 2.86 bits per heavy atom. The minimum Gasteiger partial charge on any atom is -0.294 e. The molecule has 110 valence electrons. The monoisotopic (exact) mass is 280 g/mol. The zero-order chi connectivity index (χ0) is 14.4. The molecule has 1 fully saturated rings. The summed E-state index contributed by atoms with van der Waals surface area (Å²) >= 11 is 0. The van der Waals surface area contributed by atoms with Crippen LogP contribution in [0.25, 0.3) is 0 Å². The highest BCUT2D eigenvalue weighted by atomic mass is 16.1. The summed E-state index contributed by atoms with van der Waals surface area (Å²) in [6, 6.07) is 6.68. The van der Waals surface area contributed by atoms with E-state index in [0.717, 1.165) is 30.7 Å². The van der Waals surface area contributed by atoms with Crippen LogP contribution in [-0.4, -0.2) is 5.78 Å². The molecule has 1 saturated carbocycles. The van der Waals surface area contributed by atoms with Crippen molar-refractivity contribution in [3.8, 4) is 0 Å². The molecule has 0 amide bonds. The van der Waals surface area contributed by atoms with Crippen LogP contribution in [-0.2, 0) is 12.8 Å². The lowest BCUT2D eigenvalue weighted by Crippen LogP contribution is -2.35. The van der Waals surface area contributed by atoms with Gasteiger partial charge in [0.05, 0.1) is 0 Å². The Morgan fingerprint density at radius 1 is 1.24 bits per heavy atom. The average Bonchev–Trinajstić information content (AvgIpc) is 3.06. The van der Waals surface area contributed by atoms with Crippen LogP contribution < -0.4 is 0 Å². The molecule has 2 bridgehead atoms. The third-order valence-electron chi connectivity index (χ3n) is 5.98. The van der Waals surface area contributed by atoms with Gasteiger partial charge >= 0.3 is 0 Å². The van der Waals surface area contributed by atoms with Crippen molar-refractivity contribution in [1.29, 1.82) is 0 Å². The van der Waals surface area contributed by atoms with Crippen LogP contribution >= 0.6 is 0 Å². The molecule has 0 aliphatic heterocycles. The molecule has 21 heavy (non-hydrogen) atoms. The highest BCUT2D eigenvalue weighted by molar-refractivity contribution is 5.99. The topological polar surface area (TPSA) is 17.1 Å². The maximum absolute atomic E-state index is 12.7. The van der Waals surface area contributed by atoms with Gasteiger partial charge in [-0.1, -0.05) is 37.6 Å². The molecule has 0 heterocycles. The maximum Gasteiger partial charge on any atom is 0.163 e. The molecule has 3 aliphatic carbocycles. The predicted octanol–water partition coefficient (Wildman–Crippen LogP) is 4.74. The molecule has 0 radical (unpaired) electrons. The molecule has 1 heteroatoms. The molecule has 4 rings (SSSR count). The summed E-state index contributed by atoms with van der Waals surface area (Å²) in [6.07, 6.45) is 12.7. The number of ketones is 1. The van der Waals surface area contributed by atoms with Gasteiger partial charge in [0.1, 0.15) is 0 Å². The Bertz CT molecular complexity index is 612. The van der Waals surface area contributed by atoms with Gasteiger partial charge in [0, 0.05) is 12.0 Å². The van der Waals surface area contributed by atoms with Crippen LogP contribution in [0.5, 0.6) is 0 Å². The van der Waals surface area contributed by atoms with E-state index in [9.17, 15) is 4.79 Å². The lowest BCUT2D eigenvalue weighted by molar-refractivity contribution is 0.0848. The van der Waals surface area contributed by atoms with Crippen LogP contribution in [0.15, 0.2) is 30.4 Å². The first-order valence-corrected chi connectivity index (χ1v) is 8.53. The Morgan fingerprint density at radius 2 is 2.14 bits per heavy atom. The number of rotatable bonds is 3. The zero-order valence-electron chi connectivity index (χ0n) is 12.9. The fraction of sp³-hybridized carbons (Fsp3) is 0.550. The van der Waals surface area contributed by atoms with Gasteiger partial charge in [0.25, 0.3) is 0 Å². The van der Waals surface area contributed by atoms with Gasteiger partial charge < -0.3 is 0 Å². The number of hydrogen-bond donors (Lipinski definition) is 0. The van der Waals surface area contributed by atoms with E-state index in [4.69, 9.17) is 0 Å². The van der Waals surface area contributed by atoms with E-state index < -0.39 is 0 Å². The van der Waals surface area contributed by atoms with Crippen molar-refractivity contribution in [3.05, 3.63) is 47.0 Å². The molecule has 3 atom stereocenters. The lowest BCUT2D eigenvalue weighted by Gasteiger charge is -2.39. The van der Waals surface area contributed by atoms with Crippen LogP contribution in [0, 0.1) is 17.3 Å². The fourth-order valence-electron chi connectivity index (χ4n) is 4.89. The molecule has 0 saturated heterocycles. The van der Waals surface area contributed by atoms with Crippen molar-refractivity contribution >= 4 is 5.78 Å². The van der Waals surface area contributed by atoms with Gasteiger partial charge in [-0.15, -0.1) is 0 Å². The lowest BCUT2D eigenvalue weighted by atomic mass is 9.64. The predicted molar refractivity (Wildman–Crippen MR) is 85.5 cm³/mol. The summed E-state index contributed by atoms with van der Waals surface area (Å²) in [4.78, 5) is 12.7. The summed E-state index contributed by atoms with van der Waals surface area (Å²) < 4.78 is 0. The van der Waals surface area contributed by atoms with Crippen LogP contribution in [0.2, 0.25) is 0 Å². The van der Waals surface area contributed by atoms with E-state index in [1.807, 2.05) is 0 Å². The van der Waals surface area contributed by atoms with Crippen molar-refractivity contribution in [3.63, 3.8) is 0 Å². The molecular weight excluding hydrogens is 256 g/mol. The van der Waals surface area contributed by atoms with E-state index >= 15 is 0 Å². The van der Waals surface area contributed by atoms with E-state index in [2.05, 4.69) is 37.3 Å². The number of aryl methyl sites for hydroxylation is 1. The van der Waals surface area contributed by atoms with Gasteiger partial charge in [-0.05, 0) is 66.5 Å². The summed E-state index contributed by atoms with van der Waals surface area (Å²) in [5, 5.41) is 0. The third kappa shape index (κ3) is 2.09. The number of carbonyl (C=O) groups excluding carboxylic acids is 1. The standard InChI is InChI=1S/C20H24O/c1-2-3-4-14-5-7-16-12-20(13-19(21)18(16)10-14)11-15-6-8-17(20)9-15/h5-8,10,15,17H,2-4,9,11-13H2,1H3. The summed E-state index contributed by atoms with van der Waals surface area (Å²) in [6.45, 7) is 2.22. The number of Topliss-reactive ketones (excluding diaryl/α,β-unsaturated/α-hetero) is 1. The number of carbonyl (C=O) groups is 1. The number of unbranched alkanes of at least 4 members (excludes halogenated alkanes) is 1. The molecule has 1 aromatic carbocycles. The average molecular weight is 280 g/mol. The zero-order valence-corrected chi connectivity index (χ0v) is 12.9. The van der Waals surface area contributed by atoms with Gasteiger partial charge in [0.2, 0.25) is 0 Å². The van der Waals surface area contributed by atoms with Crippen LogP contribution in [0.4, 0.5) is 0 Å². The van der Waals surface area contributed by atoms with Gasteiger partial charge in [-0.2, -0.15) is 0 Å². The summed E-state index contributed by atoms with van der Waals surface area (Å²) in [5.74, 6) is 1.79. The Labute approximate surface area is 127 Å². The smallest absolute Gasteiger partial charge is 0.163 e. The largest absolute Gasteiger partial charge is 0.294 e. The van der Waals surface area contributed by atoms with E-state index in [0.29, 0.717) is 11.7 Å². The molecule has 1 nitrogen and oxygen atoms in total. The van der Waals surface area contributed by atoms with Crippen molar-refractivity contribution in [2.24, 2.45) is 17.3 Å². The molecule has 0 N–H and O–H groups in total. The number of fused-ring (bicyclic) bond motifs is 4. The molecule has 3 aliphatic rings. The Hall–Kier alpha value is -1.37. The van der Waals surface area contributed by atoms with Crippen molar-refractivity contribution < 1.29 is 4.79 Å². The second kappa shape index (κ2) is 4.83. The normalized spacial score (nSPS) is 32.9. The third-order valence-corrected chi connectivity index (χ3v) is 5.98. The van der Waals surface area contributed by atoms with Crippen molar-refractivity contribution in [2.75, 3.05) is 0 Å². The molecule has 1 aromatic rings. The number of allylic oxidation sites excluding steroid dienone is 2. The van der Waals surface area contributed by atoms with E-state index in [1.54, 1.807) is 0 Å². The van der Waals surface area contributed by atoms with Gasteiger partial charge in [-0.3, -0.25) is 4.79 Å². The summed E-state index contributed by atoms with van der Waals surface area (Å²) in [7, 11) is 0. The Kier molecular flexibility index (Phi) is 3.06. The maximum atomic E-state index is 12.7. The van der Waals surface area contributed by atoms with Crippen LogP contribution in [0.3, 0.4) is 0 Å². The van der Waals surface area contributed by atoms with Crippen molar-refractivity contribution in [2.45, 2.75) is 51.9 Å². The highest BCUT2D eigenvalue weighted by Crippen LogP contribution is 2.57. The van der Waals surface area contributed by atoms with Crippen molar-refractivity contribution in [1.82, 2.24) is 0 Å². The van der Waals surface area contributed by atoms with Gasteiger partial charge in [0.15, 0.2) is 5.78 Å². The highest BCUT2D eigenvalue weighted by Gasteiger charge is 2.51. The quantitative estimate of drug-likeness (QED) is 0.731. The van der Waals surface area contributed by atoms with Crippen LogP contribution in [0.1, 0.15) is 60.5 Å². The second-order valence-electron chi connectivity index (χ2n) is 7.43. The number of benzene rings is 1. The second-order valence-corrected chi connectivity index (χ2v) is 7.43. The first-order chi connectivity index (χ1) is 10.2. The molecular formula is C20H24O.